The fourth-order valence-corrected chi connectivity index (χ4v) is 2.64. The summed E-state index contributed by atoms with van der Waals surface area (Å²) >= 11 is 0. The lowest BCUT2D eigenvalue weighted by Crippen LogP contribution is -2.36. The zero-order valence-corrected chi connectivity index (χ0v) is 15.0. The summed E-state index contributed by atoms with van der Waals surface area (Å²) in [6.45, 7) is 2.58. The van der Waals surface area contributed by atoms with E-state index in [9.17, 15) is 4.79 Å². The number of benzene rings is 2. The molecule has 1 heterocycles. The first kappa shape index (κ1) is 17.9. The van der Waals surface area contributed by atoms with Crippen molar-refractivity contribution in [3.8, 4) is 23.0 Å². The third kappa shape index (κ3) is 4.81. The summed E-state index contributed by atoms with van der Waals surface area (Å²) in [6, 6.07) is 13.0. The molecule has 1 unspecified atom stereocenters. The maximum absolute atomic E-state index is 12.1. The van der Waals surface area contributed by atoms with E-state index in [1.54, 1.807) is 7.11 Å². The smallest absolute Gasteiger partial charge is 0.231 e. The number of methoxy groups -OCH3 is 1. The number of amides is 1. The first-order chi connectivity index (χ1) is 12.6. The van der Waals surface area contributed by atoms with Crippen molar-refractivity contribution < 1.29 is 23.7 Å². The molecule has 1 aliphatic heterocycles. The number of carbonyl (C=O) groups is 1. The van der Waals surface area contributed by atoms with Crippen molar-refractivity contribution in [2.24, 2.45) is 0 Å². The summed E-state index contributed by atoms with van der Waals surface area (Å²) in [6.07, 6.45) is 1.06. The summed E-state index contributed by atoms with van der Waals surface area (Å²) in [5.74, 6) is 3.01. The minimum atomic E-state index is -0.0821. The van der Waals surface area contributed by atoms with Gasteiger partial charge >= 0.3 is 0 Å². The average Bonchev–Trinajstić information content (AvgIpc) is 3.13. The first-order valence-electron chi connectivity index (χ1n) is 8.59. The summed E-state index contributed by atoms with van der Waals surface area (Å²) in [7, 11) is 1.62. The first-order valence-corrected chi connectivity index (χ1v) is 8.59. The molecule has 26 heavy (non-hydrogen) atoms. The number of carbonyl (C=O) groups excluding carboxylic acids is 1. The summed E-state index contributed by atoms with van der Waals surface area (Å²) < 4.78 is 21.4. The van der Waals surface area contributed by atoms with Crippen LogP contribution in [0.15, 0.2) is 42.5 Å². The third-order valence-corrected chi connectivity index (χ3v) is 4.04. The molecule has 0 radical (unpaired) electrons. The third-order valence-electron chi connectivity index (χ3n) is 4.04. The molecule has 6 nitrogen and oxygen atoms in total. The maximum Gasteiger partial charge on any atom is 0.231 e. The summed E-state index contributed by atoms with van der Waals surface area (Å²) in [4.78, 5) is 12.1. The van der Waals surface area contributed by atoms with Crippen molar-refractivity contribution in [1.29, 1.82) is 0 Å². The minimum Gasteiger partial charge on any atom is -0.497 e. The fourth-order valence-electron chi connectivity index (χ4n) is 2.64. The second kappa shape index (κ2) is 8.47. The largest absolute Gasteiger partial charge is 0.497 e. The van der Waals surface area contributed by atoms with Gasteiger partial charge in [0.25, 0.3) is 0 Å². The van der Waals surface area contributed by atoms with Crippen LogP contribution in [-0.4, -0.2) is 32.5 Å². The fraction of sp³-hybridized carbons (Fsp3) is 0.350. The van der Waals surface area contributed by atoms with Gasteiger partial charge in [-0.3, -0.25) is 4.79 Å². The van der Waals surface area contributed by atoms with Crippen LogP contribution in [0.25, 0.3) is 0 Å². The normalized spacial score (nSPS) is 13.2. The van der Waals surface area contributed by atoms with Crippen molar-refractivity contribution in [1.82, 2.24) is 5.32 Å². The lowest BCUT2D eigenvalue weighted by molar-refractivity contribution is -0.121. The molecule has 3 rings (SSSR count). The van der Waals surface area contributed by atoms with Crippen molar-refractivity contribution in [2.45, 2.75) is 25.8 Å². The number of hydrogen-bond acceptors (Lipinski definition) is 5. The maximum atomic E-state index is 12.1. The van der Waals surface area contributed by atoms with Crippen LogP contribution >= 0.6 is 0 Å². The van der Waals surface area contributed by atoms with Gasteiger partial charge in [0.1, 0.15) is 18.1 Å². The van der Waals surface area contributed by atoms with Crippen molar-refractivity contribution in [3.05, 3.63) is 48.0 Å². The topological polar surface area (TPSA) is 66.0 Å². The van der Waals surface area contributed by atoms with Crippen molar-refractivity contribution in [3.63, 3.8) is 0 Å². The summed E-state index contributed by atoms with van der Waals surface area (Å²) in [5.41, 5.74) is 1.05. The van der Waals surface area contributed by atoms with Gasteiger partial charge in [-0.15, -0.1) is 0 Å². The Morgan fingerprint density at radius 1 is 1.12 bits per heavy atom. The minimum absolute atomic E-state index is 0.00602. The van der Waals surface area contributed by atoms with E-state index in [2.05, 4.69) is 5.32 Å². The molecule has 0 saturated carbocycles. The van der Waals surface area contributed by atoms with Crippen LogP contribution in [-0.2, 0) is 11.2 Å². The van der Waals surface area contributed by atoms with Gasteiger partial charge in [-0.2, -0.15) is 0 Å². The molecule has 2 aromatic carbocycles. The highest BCUT2D eigenvalue weighted by atomic mass is 16.7. The van der Waals surface area contributed by atoms with E-state index < -0.39 is 0 Å². The van der Waals surface area contributed by atoms with Gasteiger partial charge in [-0.25, -0.2) is 0 Å². The van der Waals surface area contributed by atoms with E-state index >= 15 is 0 Å². The van der Waals surface area contributed by atoms with Crippen LogP contribution in [0, 0.1) is 0 Å². The molecule has 0 saturated heterocycles. The Balaban J connectivity index is 1.39. The number of rotatable bonds is 8. The molecule has 2 aromatic rings. The Bertz CT molecular complexity index is 744. The second-order valence-corrected chi connectivity index (χ2v) is 6.14. The molecule has 6 heteroatoms. The molecule has 0 bridgehead atoms. The molecule has 1 aliphatic rings. The van der Waals surface area contributed by atoms with Crippen molar-refractivity contribution in [2.75, 3.05) is 20.5 Å². The quantitative estimate of drug-likeness (QED) is 0.787. The highest BCUT2D eigenvalue weighted by Crippen LogP contribution is 2.32. The summed E-state index contributed by atoms with van der Waals surface area (Å²) in [5, 5.41) is 2.95. The van der Waals surface area contributed by atoms with Gasteiger partial charge in [0.05, 0.1) is 13.2 Å². The average molecular weight is 357 g/mol. The Kier molecular flexibility index (Phi) is 5.84. The monoisotopic (exact) mass is 357 g/mol. The molecule has 1 N–H and O–H groups in total. The van der Waals surface area contributed by atoms with Crippen LogP contribution in [0.2, 0.25) is 0 Å². The van der Waals surface area contributed by atoms with Gasteiger partial charge in [0.15, 0.2) is 11.5 Å². The van der Waals surface area contributed by atoms with E-state index in [4.69, 9.17) is 18.9 Å². The molecular weight excluding hydrogens is 334 g/mol. The molecular formula is C20H23NO5. The second-order valence-electron chi connectivity index (χ2n) is 6.14. The van der Waals surface area contributed by atoms with E-state index in [0.717, 1.165) is 28.6 Å². The van der Waals surface area contributed by atoms with E-state index in [-0.39, 0.29) is 18.7 Å². The number of ether oxygens (including phenoxy) is 4. The standard InChI is InChI=1S/C20H23NO5/c1-14(12-24-17-7-5-16(23-2)6-8-17)21-20(22)10-4-15-3-9-18-19(11-15)26-13-25-18/h3,5-9,11,14H,4,10,12-13H2,1-2H3,(H,21,22). The lowest BCUT2D eigenvalue weighted by atomic mass is 10.1. The zero-order valence-electron chi connectivity index (χ0n) is 15.0. The number of aryl methyl sites for hydroxylation is 1. The van der Waals surface area contributed by atoms with Gasteiger partial charge in [-0.05, 0) is 55.3 Å². The SMILES string of the molecule is COc1ccc(OCC(C)NC(=O)CCc2ccc3c(c2)OCO3)cc1. The predicted molar refractivity (Wildman–Crippen MR) is 97.0 cm³/mol. The van der Waals surface area contributed by atoms with E-state index in [1.165, 1.54) is 0 Å². The van der Waals surface area contributed by atoms with Gasteiger partial charge < -0.3 is 24.3 Å². The van der Waals surface area contributed by atoms with E-state index in [1.807, 2.05) is 49.4 Å². The Morgan fingerprint density at radius 3 is 2.62 bits per heavy atom. The molecule has 1 amide bonds. The Labute approximate surface area is 153 Å². The Morgan fingerprint density at radius 2 is 1.85 bits per heavy atom. The molecule has 0 spiro atoms. The molecule has 1 atom stereocenters. The van der Waals surface area contributed by atoms with Crippen LogP contribution in [0.4, 0.5) is 0 Å². The number of nitrogens with one attached hydrogen (secondary N) is 1. The van der Waals surface area contributed by atoms with Crippen LogP contribution in [0.1, 0.15) is 18.9 Å². The number of hydrogen-bond donors (Lipinski definition) is 1. The zero-order chi connectivity index (χ0) is 18.4. The van der Waals surface area contributed by atoms with Crippen LogP contribution in [0.5, 0.6) is 23.0 Å². The highest BCUT2D eigenvalue weighted by molar-refractivity contribution is 5.76. The lowest BCUT2D eigenvalue weighted by Gasteiger charge is -2.15. The molecule has 0 aromatic heterocycles. The Hall–Kier alpha value is -2.89. The van der Waals surface area contributed by atoms with Gasteiger partial charge in [0, 0.05) is 6.42 Å². The van der Waals surface area contributed by atoms with Gasteiger partial charge in [0.2, 0.25) is 12.7 Å². The van der Waals surface area contributed by atoms with Crippen LogP contribution < -0.4 is 24.3 Å². The predicted octanol–water partition coefficient (Wildman–Crippen LogP) is 2.94. The van der Waals surface area contributed by atoms with E-state index in [0.29, 0.717) is 19.4 Å². The van der Waals surface area contributed by atoms with Crippen LogP contribution in [0.3, 0.4) is 0 Å². The highest BCUT2D eigenvalue weighted by Gasteiger charge is 2.14. The molecule has 0 fully saturated rings. The van der Waals surface area contributed by atoms with Gasteiger partial charge in [-0.1, -0.05) is 6.07 Å². The number of fused-ring (bicyclic) bond motifs is 1. The van der Waals surface area contributed by atoms with Crippen molar-refractivity contribution >= 4 is 5.91 Å². The molecule has 0 aliphatic carbocycles. The molecule has 138 valence electrons.